The lowest BCUT2D eigenvalue weighted by molar-refractivity contribution is 0.0893. The Morgan fingerprint density at radius 3 is 1.63 bits per heavy atom. The first-order chi connectivity index (χ1) is 14.7. The topological polar surface area (TPSA) is 34.1 Å². The molecule has 4 aromatic carbocycles. The van der Waals surface area contributed by atoms with Gasteiger partial charge >= 0.3 is 0 Å². The van der Waals surface area contributed by atoms with E-state index in [0.717, 1.165) is 16.7 Å². The highest BCUT2D eigenvalue weighted by atomic mass is 16.1. The molecule has 1 unspecified atom stereocenters. The lowest BCUT2D eigenvalue weighted by Gasteiger charge is -2.16. The van der Waals surface area contributed by atoms with Gasteiger partial charge in [-0.2, -0.15) is 0 Å². The fourth-order valence-electron chi connectivity index (χ4n) is 3.63. The van der Waals surface area contributed by atoms with Gasteiger partial charge in [0, 0.05) is 17.5 Å². The summed E-state index contributed by atoms with van der Waals surface area (Å²) in [6.07, 6.45) is 0.141. The molecule has 4 aromatic rings. The van der Waals surface area contributed by atoms with Crippen LogP contribution in [0.3, 0.4) is 0 Å². The van der Waals surface area contributed by atoms with Gasteiger partial charge in [-0.25, -0.2) is 0 Å². The van der Waals surface area contributed by atoms with Crippen LogP contribution in [-0.4, -0.2) is 11.6 Å². The van der Waals surface area contributed by atoms with E-state index in [1.807, 2.05) is 103 Å². The van der Waals surface area contributed by atoms with Gasteiger partial charge in [-0.1, -0.05) is 115 Å². The fraction of sp³-hybridized carbons (Fsp3) is 0.0714. The van der Waals surface area contributed by atoms with Crippen molar-refractivity contribution in [2.75, 3.05) is 0 Å². The highest BCUT2D eigenvalue weighted by Gasteiger charge is 2.25. The Labute approximate surface area is 176 Å². The molecule has 0 fully saturated rings. The largest absolute Gasteiger partial charge is 0.294 e. The van der Waals surface area contributed by atoms with Crippen LogP contribution in [0.2, 0.25) is 0 Å². The average molecular weight is 390 g/mol. The van der Waals surface area contributed by atoms with Gasteiger partial charge in [-0.15, -0.1) is 0 Å². The van der Waals surface area contributed by atoms with Crippen molar-refractivity contribution in [1.82, 2.24) is 0 Å². The maximum absolute atomic E-state index is 13.2. The third-order valence-electron chi connectivity index (χ3n) is 5.28. The molecule has 0 radical (unpaired) electrons. The predicted molar refractivity (Wildman–Crippen MR) is 121 cm³/mol. The van der Waals surface area contributed by atoms with Crippen molar-refractivity contribution in [2.24, 2.45) is 0 Å². The zero-order valence-electron chi connectivity index (χ0n) is 16.6. The standard InChI is InChI=1S/C28H22O2/c29-27(24-18-16-22(17-19-24)21-10-4-1-5-11-21)20-26(23-12-6-2-7-13-23)28(30)25-14-8-3-9-15-25/h1-19,26H,20H2. The fourth-order valence-corrected chi connectivity index (χ4v) is 3.63. The third kappa shape index (κ3) is 4.44. The van der Waals surface area contributed by atoms with Gasteiger partial charge in [-0.05, 0) is 16.7 Å². The van der Waals surface area contributed by atoms with Gasteiger partial charge in [0.05, 0.1) is 5.92 Å². The number of hydrogen-bond acceptors (Lipinski definition) is 2. The summed E-state index contributed by atoms with van der Waals surface area (Å²) in [5.74, 6) is -0.571. The molecule has 0 aliphatic carbocycles. The van der Waals surface area contributed by atoms with Crippen LogP contribution in [0.25, 0.3) is 11.1 Å². The number of rotatable bonds is 7. The first-order valence-corrected chi connectivity index (χ1v) is 10.1. The Balaban J connectivity index is 1.58. The van der Waals surface area contributed by atoms with E-state index < -0.39 is 5.92 Å². The summed E-state index contributed by atoms with van der Waals surface area (Å²) in [5.41, 5.74) is 4.28. The quantitative estimate of drug-likeness (QED) is 0.333. The Bertz CT molecular complexity index is 1120. The lowest BCUT2D eigenvalue weighted by Crippen LogP contribution is -2.17. The van der Waals surface area contributed by atoms with Crippen LogP contribution in [0, 0.1) is 0 Å². The van der Waals surface area contributed by atoms with Crippen molar-refractivity contribution >= 4 is 11.6 Å². The molecule has 0 bridgehead atoms. The molecule has 0 aromatic heterocycles. The van der Waals surface area contributed by atoms with Crippen LogP contribution in [0.5, 0.6) is 0 Å². The summed E-state index contributed by atoms with van der Waals surface area (Å²) >= 11 is 0. The Morgan fingerprint density at radius 2 is 1.03 bits per heavy atom. The molecule has 0 amide bonds. The molecule has 0 saturated carbocycles. The highest BCUT2D eigenvalue weighted by molar-refractivity contribution is 6.06. The number of hydrogen-bond donors (Lipinski definition) is 0. The van der Waals surface area contributed by atoms with Gasteiger partial charge < -0.3 is 0 Å². The maximum atomic E-state index is 13.2. The van der Waals surface area contributed by atoms with Crippen molar-refractivity contribution in [3.63, 3.8) is 0 Å². The molecular formula is C28H22O2. The predicted octanol–water partition coefficient (Wildman–Crippen LogP) is 6.59. The molecule has 4 rings (SSSR count). The van der Waals surface area contributed by atoms with Gasteiger partial charge in [-0.3, -0.25) is 9.59 Å². The van der Waals surface area contributed by atoms with E-state index in [4.69, 9.17) is 0 Å². The van der Waals surface area contributed by atoms with E-state index in [2.05, 4.69) is 0 Å². The second-order valence-corrected chi connectivity index (χ2v) is 7.26. The van der Waals surface area contributed by atoms with E-state index in [-0.39, 0.29) is 18.0 Å². The van der Waals surface area contributed by atoms with Crippen molar-refractivity contribution in [3.8, 4) is 11.1 Å². The summed E-state index contributed by atoms with van der Waals surface area (Å²) in [5, 5.41) is 0. The molecular weight excluding hydrogens is 368 g/mol. The Morgan fingerprint density at radius 1 is 0.533 bits per heavy atom. The summed E-state index contributed by atoms with van der Waals surface area (Å²) < 4.78 is 0. The van der Waals surface area contributed by atoms with Crippen LogP contribution in [0.4, 0.5) is 0 Å². The maximum Gasteiger partial charge on any atom is 0.170 e. The summed E-state index contributed by atoms with van der Waals surface area (Å²) in [7, 11) is 0. The first-order valence-electron chi connectivity index (χ1n) is 10.1. The SMILES string of the molecule is O=C(CC(C(=O)c1ccccc1)c1ccccc1)c1ccc(-c2ccccc2)cc1. The molecule has 2 heteroatoms. The minimum atomic E-state index is -0.505. The van der Waals surface area contributed by atoms with Crippen molar-refractivity contribution < 1.29 is 9.59 Å². The Hall–Kier alpha value is -3.78. The smallest absolute Gasteiger partial charge is 0.170 e. The molecule has 0 N–H and O–H groups in total. The minimum Gasteiger partial charge on any atom is -0.294 e. The molecule has 0 heterocycles. The van der Waals surface area contributed by atoms with Crippen LogP contribution < -0.4 is 0 Å². The van der Waals surface area contributed by atoms with E-state index in [1.54, 1.807) is 12.1 Å². The Kier molecular flexibility index (Phi) is 5.95. The number of benzene rings is 4. The molecule has 0 aliphatic rings. The second-order valence-electron chi connectivity index (χ2n) is 7.26. The number of carbonyl (C=O) groups is 2. The minimum absolute atomic E-state index is 0.0314. The molecule has 0 saturated heterocycles. The molecule has 0 aliphatic heterocycles. The zero-order chi connectivity index (χ0) is 20.8. The van der Waals surface area contributed by atoms with E-state index in [9.17, 15) is 9.59 Å². The van der Waals surface area contributed by atoms with Crippen LogP contribution >= 0.6 is 0 Å². The van der Waals surface area contributed by atoms with Crippen molar-refractivity contribution in [3.05, 3.63) is 132 Å². The van der Waals surface area contributed by atoms with Gasteiger partial charge in [0.25, 0.3) is 0 Å². The third-order valence-corrected chi connectivity index (χ3v) is 5.28. The summed E-state index contributed by atoms with van der Waals surface area (Å²) in [4.78, 5) is 26.3. The first kappa shape index (κ1) is 19.5. The van der Waals surface area contributed by atoms with Crippen LogP contribution in [-0.2, 0) is 0 Å². The second kappa shape index (κ2) is 9.15. The average Bonchev–Trinajstić information content (AvgIpc) is 2.84. The highest BCUT2D eigenvalue weighted by Crippen LogP contribution is 2.27. The molecule has 0 spiro atoms. The molecule has 2 nitrogen and oxygen atoms in total. The van der Waals surface area contributed by atoms with Crippen LogP contribution in [0.1, 0.15) is 38.6 Å². The zero-order valence-corrected chi connectivity index (χ0v) is 16.6. The van der Waals surface area contributed by atoms with E-state index >= 15 is 0 Å². The number of ketones is 2. The molecule has 146 valence electrons. The van der Waals surface area contributed by atoms with Crippen molar-refractivity contribution in [1.29, 1.82) is 0 Å². The summed E-state index contributed by atoms with van der Waals surface area (Å²) in [6.45, 7) is 0. The van der Waals surface area contributed by atoms with E-state index in [1.165, 1.54) is 0 Å². The number of Topliss-reactive ketones (excluding diaryl/α,β-unsaturated/α-hetero) is 2. The van der Waals surface area contributed by atoms with Gasteiger partial charge in [0.1, 0.15) is 0 Å². The molecule has 1 atom stereocenters. The monoisotopic (exact) mass is 390 g/mol. The summed E-state index contributed by atoms with van der Waals surface area (Å²) in [6, 6.07) is 36.4. The molecule has 30 heavy (non-hydrogen) atoms. The van der Waals surface area contributed by atoms with Crippen molar-refractivity contribution in [2.45, 2.75) is 12.3 Å². The normalized spacial score (nSPS) is 11.6. The van der Waals surface area contributed by atoms with E-state index in [0.29, 0.717) is 11.1 Å². The van der Waals surface area contributed by atoms with Gasteiger partial charge in [0.15, 0.2) is 11.6 Å². The van der Waals surface area contributed by atoms with Gasteiger partial charge in [0.2, 0.25) is 0 Å². The lowest BCUT2D eigenvalue weighted by atomic mass is 9.85. The van der Waals surface area contributed by atoms with Crippen LogP contribution in [0.15, 0.2) is 115 Å². The number of carbonyl (C=O) groups excluding carboxylic acids is 2.